The van der Waals surface area contributed by atoms with Gasteiger partial charge in [0.15, 0.2) is 11.5 Å². The number of ether oxygens (including phenoxy) is 3. The largest absolute Gasteiger partial charge is 0.489 e. The Hall–Kier alpha value is -2.13. The first-order valence-corrected chi connectivity index (χ1v) is 12.2. The van der Waals surface area contributed by atoms with E-state index in [4.69, 9.17) is 44.3 Å². The van der Waals surface area contributed by atoms with Crippen LogP contribution in [0.15, 0.2) is 42.7 Å². The van der Waals surface area contributed by atoms with Crippen molar-refractivity contribution < 1.29 is 27.8 Å². The molecular formula is C23H18Cl3F2NO4S. The fraction of sp³-hybridized carbons (Fsp3) is 0.304. The molecule has 5 nitrogen and oxygen atoms in total. The third kappa shape index (κ3) is 6.50. The average Bonchev–Trinajstić information content (AvgIpc) is 3.52. The molecule has 1 aliphatic carbocycles. The van der Waals surface area contributed by atoms with Crippen LogP contribution in [0.5, 0.6) is 11.5 Å². The first-order chi connectivity index (χ1) is 16.3. The van der Waals surface area contributed by atoms with Crippen LogP contribution in [0.2, 0.25) is 14.4 Å². The smallest absolute Gasteiger partial charge is 0.387 e. The molecule has 0 saturated heterocycles. The second-order valence-electron chi connectivity index (χ2n) is 7.62. The van der Waals surface area contributed by atoms with Crippen molar-refractivity contribution in [3.8, 4) is 11.5 Å². The van der Waals surface area contributed by atoms with Crippen LogP contribution in [0.4, 0.5) is 8.78 Å². The van der Waals surface area contributed by atoms with E-state index >= 15 is 0 Å². The van der Waals surface area contributed by atoms with Gasteiger partial charge in [-0.2, -0.15) is 8.78 Å². The van der Waals surface area contributed by atoms with Crippen LogP contribution in [-0.4, -0.2) is 24.2 Å². The summed E-state index contributed by atoms with van der Waals surface area (Å²) in [5.41, 5.74) is 1.01. The zero-order chi connectivity index (χ0) is 24.2. The molecule has 0 aliphatic heterocycles. The lowest BCUT2D eigenvalue weighted by Crippen LogP contribution is -2.15. The number of halogens is 5. The van der Waals surface area contributed by atoms with Crippen molar-refractivity contribution in [2.45, 2.75) is 32.0 Å². The molecule has 0 N–H and O–H groups in total. The predicted molar refractivity (Wildman–Crippen MR) is 127 cm³/mol. The molecule has 1 aromatic carbocycles. The molecule has 4 rings (SSSR count). The summed E-state index contributed by atoms with van der Waals surface area (Å²) in [6.07, 6.45) is 4.16. The van der Waals surface area contributed by atoms with Crippen molar-refractivity contribution >= 4 is 52.1 Å². The van der Waals surface area contributed by atoms with Crippen molar-refractivity contribution in [2.24, 2.45) is 5.92 Å². The Kier molecular flexibility index (Phi) is 8.14. The maximum atomic E-state index is 12.9. The highest BCUT2D eigenvalue weighted by molar-refractivity contribution is 7.17. The van der Waals surface area contributed by atoms with Crippen molar-refractivity contribution in [3.63, 3.8) is 0 Å². The SMILES string of the molecule is O=C(O[C@@H](Cc1c(Cl)cncc1Cl)c1ccc(OC(F)F)c(OCC2CC2)c1)c1ccc(Cl)s1. The molecule has 2 heterocycles. The van der Waals surface area contributed by atoms with Crippen molar-refractivity contribution in [2.75, 3.05) is 6.61 Å². The first-order valence-electron chi connectivity index (χ1n) is 10.3. The van der Waals surface area contributed by atoms with E-state index in [-0.39, 0.29) is 17.9 Å². The van der Waals surface area contributed by atoms with Crippen molar-refractivity contribution in [1.29, 1.82) is 0 Å². The molecule has 180 valence electrons. The van der Waals surface area contributed by atoms with Gasteiger partial charge in [0.1, 0.15) is 11.0 Å². The lowest BCUT2D eigenvalue weighted by molar-refractivity contribution is -0.0515. The van der Waals surface area contributed by atoms with Gasteiger partial charge in [-0.05, 0) is 54.2 Å². The second kappa shape index (κ2) is 11.1. The van der Waals surface area contributed by atoms with Gasteiger partial charge in [0.25, 0.3) is 0 Å². The molecule has 0 spiro atoms. The highest BCUT2D eigenvalue weighted by atomic mass is 35.5. The summed E-state index contributed by atoms with van der Waals surface area (Å²) >= 11 is 19.6. The number of pyridine rings is 1. The van der Waals surface area contributed by atoms with Crippen LogP contribution in [-0.2, 0) is 11.2 Å². The summed E-state index contributed by atoms with van der Waals surface area (Å²) in [5.74, 6) is -0.183. The number of benzene rings is 1. The molecule has 1 saturated carbocycles. The van der Waals surface area contributed by atoms with Gasteiger partial charge >= 0.3 is 12.6 Å². The van der Waals surface area contributed by atoms with E-state index in [0.29, 0.717) is 42.9 Å². The fourth-order valence-corrected chi connectivity index (χ4v) is 4.63. The van der Waals surface area contributed by atoms with E-state index in [0.717, 1.165) is 24.2 Å². The number of hydrogen-bond donors (Lipinski definition) is 0. The zero-order valence-corrected chi connectivity index (χ0v) is 20.6. The fourth-order valence-electron chi connectivity index (χ4n) is 3.18. The number of rotatable bonds is 10. The number of hydrogen-bond acceptors (Lipinski definition) is 6. The van der Waals surface area contributed by atoms with Gasteiger partial charge < -0.3 is 14.2 Å². The van der Waals surface area contributed by atoms with Gasteiger partial charge in [-0.15, -0.1) is 11.3 Å². The minimum absolute atomic E-state index is 0.102. The van der Waals surface area contributed by atoms with Gasteiger partial charge in [-0.25, -0.2) is 4.79 Å². The number of esters is 1. The van der Waals surface area contributed by atoms with Crippen LogP contribution < -0.4 is 9.47 Å². The van der Waals surface area contributed by atoms with Gasteiger partial charge in [0.05, 0.1) is 21.0 Å². The summed E-state index contributed by atoms with van der Waals surface area (Å²) in [6, 6.07) is 7.58. The highest BCUT2D eigenvalue weighted by Gasteiger charge is 2.26. The van der Waals surface area contributed by atoms with Crippen LogP contribution in [0.3, 0.4) is 0 Å². The molecule has 3 aromatic rings. The topological polar surface area (TPSA) is 57.7 Å². The Morgan fingerprint density at radius 1 is 1.09 bits per heavy atom. The van der Waals surface area contributed by atoms with Crippen LogP contribution in [0.25, 0.3) is 0 Å². The van der Waals surface area contributed by atoms with E-state index in [2.05, 4.69) is 9.72 Å². The lowest BCUT2D eigenvalue weighted by Gasteiger charge is -2.21. The normalized spacial score (nSPS) is 14.2. The summed E-state index contributed by atoms with van der Waals surface area (Å²) in [4.78, 5) is 17.1. The minimum Gasteiger partial charge on any atom is -0.489 e. The summed E-state index contributed by atoms with van der Waals surface area (Å²) < 4.78 is 42.4. The number of aromatic nitrogens is 1. The molecule has 2 aromatic heterocycles. The molecule has 0 unspecified atom stereocenters. The third-order valence-corrected chi connectivity index (χ3v) is 6.96. The second-order valence-corrected chi connectivity index (χ2v) is 10.2. The summed E-state index contributed by atoms with van der Waals surface area (Å²) in [7, 11) is 0. The zero-order valence-electron chi connectivity index (χ0n) is 17.5. The summed E-state index contributed by atoms with van der Waals surface area (Å²) in [6.45, 7) is -2.64. The Bertz CT molecular complexity index is 1150. The molecule has 0 amide bonds. The highest BCUT2D eigenvalue weighted by Crippen LogP contribution is 2.38. The lowest BCUT2D eigenvalue weighted by atomic mass is 10.0. The quantitative estimate of drug-likeness (QED) is 0.244. The Labute approximate surface area is 213 Å². The molecule has 0 radical (unpaired) electrons. The number of carbonyl (C=O) groups excluding carboxylic acids is 1. The first kappa shape index (κ1) is 25.0. The van der Waals surface area contributed by atoms with Gasteiger partial charge in [0.2, 0.25) is 0 Å². The van der Waals surface area contributed by atoms with Crippen LogP contribution in [0.1, 0.15) is 39.7 Å². The number of alkyl halides is 2. The minimum atomic E-state index is -3.01. The Morgan fingerprint density at radius 3 is 2.44 bits per heavy atom. The standard InChI is InChI=1S/C23H18Cl3F2NO4S/c24-15-9-29-10-16(25)14(15)8-18(32-22(30)20-5-6-21(26)34-20)13-3-4-17(33-23(27)28)19(7-13)31-11-12-1-2-12/h3-7,9-10,12,18,23H,1-2,8,11H2/t18-/m0/s1. The molecule has 0 bridgehead atoms. The predicted octanol–water partition coefficient (Wildman–Crippen LogP) is 7.63. The molecule has 1 atom stereocenters. The van der Waals surface area contributed by atoms with E-state index in [1.165, 1.54) is 30.6 Å². The number of thiophene rings is 1. The van der Waals surface area contributed by atoms with Crippen molar-refractivity contribution in [3.05, 3.63) is 73.1 Å². The molecule has 1 fully saturated rings. The average molecular weight is 549 g/mol. The van der Waals surface area contributed by atoms with Crippen molar-refractivity contribution in [1.82, 2.24) is 4.98 Å². The Balaban J connectivity index is 1.67. The van der Waals surface area contributed by atoms with E-state index in [9.17, 15) is 13.6 Å². The molecule has 1 aliphatic rings. The third-order valence-electron chi connectivity index (χ3n) is 5.09. The monoisotopic (exact) mass is 547 g/mol. The van der Waals surface area contributed by atoms with E-state index in [1.807, 2.05) is 0 Å². The van der Waals surface area contributed by atoms with Crippen LogP contribution in [0, 0.1) is 5.92 Å². The maximum Gasteiger partial charge on any atom is 0.387 e. The Morgan fingerprint density at radius 2 is 1.82 bits per heavy atom. The van der Waals surface area contributed by atoms with Gasteiger partial charge in [-0.1, -0.05) is 40.9 Å². The van der Waals surface area contributed by atoms with E-state index in [1.54, 1.807) is 12.1 Å². The molecular weight excluding hydrogens is 531 g/mol. The molecule has 34 heavy (non-hydrogen) atoms. The summed E-state index contributed by atoms with van der Waals surface area (Å²) in [5, 5.41) is 0.603. The van der Waals surface area contributed by atoms with Crippen LogP contribution >= 0.6 is 46.1 Å². The van der Waals surface area contributed by atoms with Gasteiger partial charge in [-0.3, -0.25) is 4.98 Å². The maximum absolute atomic E-state index is 12.9. The molecule has 11 heteroatoms. The number of nitrogens with zero attached hydrogens (tertiary/aromatic N) is 1. The van der Waals surface area contributed by atoms with E-state index < -0.39 is 18.7 Å². The number of carbonyl (C=O) groups is 1. The van der Waals surface area contributed by atoms with Gasteiger partial charge in [0, 0.05) is 18.8 Å².